The van der Waals surface area contributed by atoms with Gasteiger partial charge in [-0.3, -0.25) is 0 Å². The third kappa shape index (κ3) is 5.05. The van der Waals surface area contributed by atoms with Crippen molar-refractivity contribution >= 4 is 97.7 Å². The van der Waals surface area contributed by atoms with Crippen molar-refractivity contribution in [1.29, 1.82) is 0 Å². The van der Waals surface area contributed by atoms with Crippen LogP contribution in [0.3, 0.4) is 0 Å². The summed E-state index contributed by atoms with van der Waals surface area (Å²) in [4.78, 5) is 10.8. The maximum absolute atomic E-state index is 5.42. The maximum atomic E-state index is 5.42. The fraction of sp³-hybridized carbons (Fsp3) is 0. The minimum absolute atomic E-state index is 0.857. The Morgan fingerprint density at radius 2 is 0.891 bits per heavy atom. The van der Waals surface area contributed by atoms with Gasteiger partial charge in [0.05, 0.1) is 50.2 Å². The molecule has 0 amide bonds. The molecule has 0 aliphatic heterocycles. The third-order valence-corrected chi connectivity index (χ3v) is 13.4. The van der Waals surface area contributed by atoms with Crippen LogP contribution < -0.4 is 0 Å². The summed E-state index contributed by atoms with van der Waals surface area (Å²) in [6, 6.07) is 79.1. The smallest absolute Gasteiger partial charge is 0.0979 e. The molecule has 0 saturated carbocycles. The number of benzene rings is 11. The lowest BCUT2D eigenvalue weighted by atomic mass is 9.93. The van der Waals surface area contributed by atoms with Crippen LogP contribution in [0.1, 0.15) is 0 Å². The minimum Gasteiger partial charge on any atom is -0.309 e. The Kier molecular flexibility index (Phi) is 7.36. The van der Waals surface area contributed by atoms with E-state index in [2.05, 4.69) is 215 Å². The van der Waals surface area contributed by atoms with E-state index >= 15 is 0 Å². The Bertz CT molecular complexity index is 4270. The van der Waals surface area contributed by atoms with Crippen LogP contribution in [-0.2, 0) is 0 Å². The number of aromatic nitrogens is 4. The van der Waals surface area contributed by atoms with Gasteiger partial charge < -0.3 is 9.13 Å². The predicted octanol–water partition coefficient (Wildman–Crippen LogP) is 15.8. The van der Waals surface area contributed by atoms with Crippen LogP contribution in [0.25, 0.3) is 132 Å². The van der Waals surface area contributed by atoms with Crippen molar-refractivity contribution < 1.29 is 0 Å². The molecule has 0 aliphatic rings. The van der Waals surface area contributed by atoms with Crippen molar-refractivity contribution in [2.24, 2.45) is 0 Å². The van der Waals surface area contributed by atoms with Gasteiger partial charge in [-0.25, -0.2) is 9.97 Å². The van der Waals surface area contributed by atoms with Gasteiger partial charge in [-0.05, 0) is 93.0 Å². The van der Waals surface area contributed by atoms with E-state index in [0.717, 1.165) is 55.7 Å². The van der Waals surface area contributed by atoms with Gasteiger partial charge in [0, 0.05) is 49.1 Å². The zero-order valence-corrected chi connectivity index (χ0v) is 34.6. The zero-order valence-electron chi connectivity index (χ0n) is 34.6. The molecule has 3 heterocycles. The lowest BCUT2D eigenvalue weighted by Gasteiger charge is -2.16. The Morgan fingerprint density at radius 3 is 1.70 bits per heavy atom. The molecule has 0 bridgehead atoms. The maximum Gasteiger partial charge on any atom is 0.0979 e. The van der Waals surface area contributed by atoms with E-state index < -0.39 is 0 Å². The largest absolute Gasteiger partial charge is 0.309 e. The molecule has 0 atom stereocenters. The van der Waals surface area contributed by atoms with Gasteiger partial charge in [-0.1, -0.05) is 158 Å². The molecule has 4 heteroatoms. The van der Waals surface area contributed by atoms with E-state index in [4.69, 9.17) is 9.97 Å². The Balaban J connectivity index is 1.01. The molecular formula is C60H36N4. The molecule has 0 unspecified atom stereocenters. The summed E-state index contributed by atoms with van der Waals surface area (Å²) in [5, 5.41) is 14.6. The summed E-state index contributed by atoms with van der Waals surface area (Å²) >= 11 is 0. The first-order chi connectivity index (χ1) is 31.7. The monoisotopic (exact) mass is 812 g/mol. The normalized spacial score (nSPS) is 12.1. The summed E-state index contributed by atoms with van der Waals surface area (Å²) in [7, 11) is 0. The van der Waals surface area contributed by atoms with Crippen LogP contribution in [-0.4, -0.2) is 19.1 Å². The number of fused-ring (bicyclic) bond motifs is 13. The second-order valence-electron chi connectivity index (χ2n) is 16.9. The lowest BCUT2D eigenvalue weighted by Crippen LogP contribution is -1.99. The van der Waals surface area contributed by atoms with Gasteiger partial charge >= 0.3 is 0 Å². The molecule has 0 N–H and O–H groups in total. The van der Waals surface area contributed by atoms with Gasteiger partial charge in [0.1, 0.15) is 0 Å². The second-order valence-corrected chi connectivity index (χ2v) is 16.9. The number of hydrogen-bond acceptors (Lipinski definition) is 2. The number of para-hydroxylation sites is 4. The standard InChI is InChI=1S/C60H36N4/c1-4-21-43-37(15-1)31-32-48-46-24-7-12-29-55(46)64(60(43)48)56-30-14-17-39-35-57-50(36-49(39)56)47-25-8-11-28-54(47)63(57)41-19-13-18-40(33-41)58-59(62-53-27-10-9-26-52(53)61-58)51-34-38-16-2-3-20-42(38)44-22-5-6-23-45(44)51/h1-36H. The van der Waals surface area contributed by atoms with Gasteiger partial charge in [0.25, 0.3) is 0 Å². The molecule has 0 fully saturated rings. The quantitative estimate of drug-likeness (QED) is 0.166. The van der Waals surface area contributed by atoms with Crippen molar-refractivity contribution in [3.8, 4) is 33.9 Å². The predicted molar refractivity (Wildman–Crippen MR) is 269 cm³/mol. The minimum atomic E-state index is 0.857. The zero-order chi connectivity index (χ0) is 41.9. The second kappa shape index (κ2) is 13.4. The molecule has 0 spiro atoms. The Morgan fingerprint density at radius 1 is 0.297 bits per heavy atom. The summed E-state index contributed by atoms with van der Waals surface area (Å²) in [5.41, 5.74) is 12.5. The summed E-state index contributed by atoms with van der Waals surface area (Å²) < 4.78 is 4.92. The van der Waals surface area contributed by atoms with Crippen LogP contribution in [0.15, 0.2) is 218 Å². The summed E-state index contributed by atoms with van der Waals surface area (Å²) in [6.07, 6.45) is 0. The van der Waals surface area contributed by atoms with Crippen molar-refractivity contribution in [1.82, 2.24) is 19.1 Å². The van der Waals surface area contributed by atoms with Crippen molar-refractivity contribution in [3.63, 3.8) is 0 Å². The highest BCUT2D eigenvalue weighted by molar-refractivity contribution is 6.21. The highest BCUT2D eigenvalue weighted by Gasteiger charge is 2.21. The first-order valence-electron chi connectivity index (χ1n) is 21.9. The number of hydrogen-bond donors (Lipinski definition) is 0. The van der Waals surface area contributed by atoms with E-state index in [1.54, 1.807) is 0 Å². The van der Waals surface area contributed by atoms with E-state index in [9.17, 15) is 0 Å². The molecule has 11 aromatic carbocycles. The van der Waals surface area contributed by atoms with Crippen molar-refractivity contribution in [2.75, 3.05) is 0 Å². The highest BCUT2D eigenvalue weighted by Crippen LogP contribution is 2.43. The molecular weight excluding hydrogens is 777 g/mol. The molecule has 14 aromatic rings. The fourth-order valence-corrected chi connectivity index (χ4v) is 10.6. The SMILES string of the molecule is c1cc(-c2nc3ccccc3nc2-c2cc3ccccc3c3ccccc23)cc(-n2c3ccccc3c3cc4c(-n5c6ccccc6c6ccc7ccccc7c65)cccc4cc32)c1. The first-order valence-corrected chi connectivity index (χ1v) is 21.9. The Hall–Kier alpha value is -8.60. The van der Waals surface area contributed by atoms with E-state index in [-0.39, 0.29) is 0 Å². The van der Waals surface area contributed by atoms with Gasteiger partial charge in [-0.15, -0.1) is 0 Å². The molecule has 3 aromatic heterocycles. The van der Waals surface area contributed by atoms with Crippen LogP contribution in [0, 0.1) is 0 Å². The summed E-state index contributed by atoms with van der Waals surface area (Å²) in [5.74, 6) is 0. The van der Waals surface area contributed by atoms with Crippen LogP contribution in [0.2, 0.25) is 0 Å². The first kappa shape index (κ1) is 35.0. The van der Waals surface area contributed by atoms with Crippen LogP contribution in [0.5, 0.6) is 0 Å². The summed E-state index contributed by atoms with van der Waals surface area (Å²) in [6.45, 7) is 0. The number of rotatable bonds is 4. The molecule has 296 valence electrons. The lowest BCUT2D eigenvalue weighted by molar-refractivity contribution is 1.18. The third-order valence-electron chi connectivity index (χ3n) is 13.4. The van der Waals surface area contributed by atoms with Gasteiger partial charge in [0.15, 0.2) is 0 Å². The average molecular weight is 813 g/mol. The van der Waals surface area contributed by atoms with Gasteiger partial charge in [-0.2, -0.15) is 0 Å². The molecule has 0 aliphatic carbocycles. The topological polar surface area (TPSA) is 35.6 Å². The average Bonchev–Trinajstić information content (AvgIpc) is 3.87. The van der Waals surface area contributed by atoms with Crippen molar-refractivity contribution in [3.05, 3.63) is 218 Å². The fourth-order valence-electron chi connectivity index (χ4n) is 10.6. The van der Waals surface area contributed by atoms with E-state index in [1.165, 1.54) is 76.0 Å². The molecule has 0 saturated heterocycles. The molecule has 4 nitrogen and oxygen atoms in total. The molecule has 14 rings (SSSR count). The molecule has 64 heavy (non-hydrogen) atoms. The van der Waals surface area contributed by atoms with Gasteiger partial charge in [0.2, 0.25) is 0 Å². The highest BCUT2D eigenvalue weighted by atomic mass is 15.0. The Labute approximate surface area is 367 Å². The van der Waals surface area contributed by atoms with Crippen LogP contribution in [0.4, 0.5) is 0 Å². The number of nitrogens with zero attached hydrogens (tertiary/aromatic N) is 4. The van der Waals surface area contributed by atoms with Crippen LogP contribution >= 0.6 is 0 Å². The van der Waals surface area contributed by atoms with E-state index in [0.29, 0.717) is 0 Å². The molecule has 0 radical (unpaired) electrons. The van der Waals surface area contributed by atoms with E-state index in [1.807, 2.05) is 12.1 Å². The van der Waals surface area contributed by atoms with Crippen molar-refractivity contribution in [2.45, 2.75) is 0 Å².